The van der Waals surface area contributed by atoms with Crippen molar-refractivity contribution < 1.29 is 14.6 Å². The number of hydrogen-bond donors (Lipinski definition) is 2. The maximum Gasteiger partial charge on any atom is 0.309 e. The van der Waals surface area contributed by atoms with Crippen LogP contribution in [0.3, 0.4) is 0 Å². The van der Waals surface area contributed by atoms with Crippen molar-refractivity contribution in [2.45, 2.75) is 20.3 Å². The number of carboxylic acids is 1. The van der Waals surface area contributed by atoms with Crippen LogP contribution in [0, 0.1) is 13.8 Å². The van der Waals surface area contributed by atoms with Crippen LogP contribution in [-0.2, 0) is 11.2 Å². The summed E-state index contributed by atoms with van der Waals surface area (Å²) in [6, 6.07) is 3.81. The molecule has 0 aliphatic rings. The number of carbonyl (C=O) groups is 1. The third-order valence-electron chi connectivity index (χ3n) is 3.32. The maximum atomic E-state index is 10.8. The molecule has 0 bridgehead atoms. The van der Waals surface area contributed by atoms with Crippen molar-refractivity contribution in [3.63, 3.8) is 0 Å². The number of rotatable bonds is 4. The fraction of sp³-hybridized carbons (Fsp3) is 0.286. The second kappa shape index (κ2) is 5.66. The molecule has 20 heavy (non-hydrogen) atoms. The van der Waals surface area contributed by atoms with Gasteiger partial charge in [0, 0.05) is 5.56 Å². The molecule has 0 radical (unpaired) electrons. The second-order valence-electron chi connectivity index (χ2n) is 4.50. The van der Waals surface area contributed by atoms with Crippen molar-refractivity contribution in [1.82, 2.24) is 10.2 Å². The molecule has 0 saturated heterocycles. The summed E-state index contributed by atoms with van der Waals surface area (Å²) in [4.78, 5) is 10.8. The molecule has 5 nitrogen and oxygen atoms in total. The SMILES string of the molecule is COc1ccc(-c2n[nH]c(CC(=O)O)c2Br)c(C)c1C. The molecule has 0 aliphatic carbocycles. The van der Waals surface area contributed by atoms with Gasteiger partial charge in [-0.2, -0.15) is 5.10 Å². The number of benzene rings is 1. The fourth-order valence-electron chi connectivity index (χ4n) is 2.08. The predicted octanol–water partition coefficient (Wildman–Crippen LogP) is 3.09. The molecular weight excluding hydrogens is 324 g/mol. The number of nitrogens with zero attached hydrogens (tertiary/aromatic N) is 1. The van der Waals surface area contributed by atoms with Gasteiger partial charge in [-0.25, -0.2) is 0 Å². The van der Waals surface area contributed by atoms with E-state index in [2.05, 4.69) is 26.1 Å². The first-order valence-corrected chi connectivity index (χ1v) is 6.84. The minimum Gasteiger partial charge on any atom is -0.496 e. The molecular formula is C14H15BrN2O3. The number of nitrogens with one attached hydrogen (secondary N) is 1. The summed E-state index contributed by atoms with van der Waals surface area (Å²) < 4.78 is 5.97. The fourth-order valence-corrected chi connectivity index (χ4v) is 2.62. The van der Waals surface area contributed by atoms with Gasteiger partial charge < -0.3 is 9.84 Å². The van der Waals surface area contributed by atoms with Gasteiger partial charge in [0.1, 0.15) is 11.4 Å². The Hall–Kier alpha value is -1.82. The molecule has 0 spiro atoms. The van der Waals surface area contributed by atoms with Gasteiger partial charge in [-0.15, -0.1) is 0 Å². The Morgan fingerprint density at radius 3 is 2.70 bits per heavy atom. The topological polar surface area (TPSA) is 75.2 Å². The average molecular weight is 339 g/mol. The largest absolute Gasteiger partial charge is 0.496 e. The quantitative estimate of drug-likeness (QED) is 0.898. The minimum atomic E-state index is -0.900. The number of halogens is 1. The van der Waals surface area contributed by atoms with Gasteiger partial charge in [0.15, 0.2) is 0 Å². The summed E-state index contributed by atoms with van der Waals surface area (Å²) >= 11 is 3.42. The van der Waals surface area contributed by atoms with Crippen LogP contribution in [-0.4, -0.2) is 28.4 Å². The maximum absolute atomic E-state index is 10.8. The lowest BCUT2D eigenvalue weighted by Gasteiger charge is -2.11. The van der Waals surface area contributed by atoms with E-state index in [4.69, 9.17) is 9.84 Å². The average Bonchev–Trinajstić information content (AvgIpc) is 2.74. The summed E-state index contributed by atoms with van der Waals surface area (Å²) in [5, 5.41) is 15.8. The van der Waals surface area contributed by atoms with Gasteiger partial charge in [0.05, 0.1) is 23.7 Å². The van der Waals surface area contributed by atoms with Crippen molar-refractivity contribution in [2.75, 3.05) is 7.11 Å². The number of hydrogen-bond acceptors (Lipinski definition) is 3. The van der Waals surface area contributed by atoms with E-state index in [0.29, 0.717) is 15.9 Å². The van der Waals surface area contributed by atoms with Crippen molar-refractivity contribution in [3.05, 3.63) is 33.4 Å². The summed E-state index contributed by atoms with van der Waals surface area (Å²) in [5.74, 6) is -0.0767. The van der Waals surface area contributed by atoms with Crippen LogP contribution in [0.4, 0.5) is 0 Å². The number of methoxy groups -OCH3 is 1. The Morgan fingerprint density at radius 2 is 2.10 bits per heavy atom. The Kier molecular flexibility index (Phi) is 4.13. The highest BCUT2D eigenvalue weighted by Crippen LogP contribution is 2.35. The van der Waals surface area contributed by atoms with Crippen molar-refractivity contribution in [1.29, 1.82) is 0 Å². The van der Waals surface area contributed by atoms with Gasteiger partial charge in [-0.1, -0.05) is 0 Å². The molecule has 1 aromatic heterocycles. The first-order chi connectivity index (χ1) is 9.45. The third-order valence-corrected chi connectivity index (χ3v) is 4.17. The molecule has 6 heteroatoms. The first kappa shape index (κ1) is 14.6. The highest BCUT2D eigenvalue weighted by molar-refractivity contribution is 9.10. The van der Waals surface area contributed by atoms with Crippen molar-refractivity contribution in [2.24, 2.45) is 0 Å². The normalized spacial score (nSPS) is 10.6. The molecule has 0 fully saturated rings. The zero-order valence-corrected chi connectivity index (χ0v) is 13.0. The van der Waals surface area contributed by atoms with E-state index in [1.165, 1.54) is 0 Å². The van der Waals surface area contributed by atoms with Gasteiger partial charge >= 0.3 is 5.97 Å². The van der Waals surface area contributed by atoms with Crippen LogP contribution < -0.4 is 4.74 Å². The van der Waals surface area contributed by atoms with Gasteiger partial charge in [0.25, 0.3) is 0 Å². The third kappa shape index (κ3) is 2.56. The van der Waals surface area contributed by atoms with Crippen molar-refractivity contribution in [3.8, 4) is 17.0 Å². The van der Waals surface area contributed by atoms with Crippen LogP contribution >= 0.6 is 15.9 Å². The number of aliphatic carboxylic acids is 1. The molecule has 0 atom stereocenters. The molecule has 2 aromatic rings. The smallest absolute Gasteiger partial charge is 0.309 e. The predicted molar refractivity (Wildman–Crippen MR) is 79.1 cm³/mol. The van der Waals surface area contributed by atoms with E-state index >= 15 is 0 Å². The van der Waals surface area contributed by atoms with Crippen LogP contribution in [0.2, 0.25) is 0 Å². The highest BCUT2D eigenvalue weighted by atomic mass is 79.9. The summed E-state index contributed by atoms with van der Waals surface area (Å²) in [6.07, 6.45) is -0.0955. The number of H-pyrrole nitrogens is 1. The van der Waals surface area contributed by atoms with E-state index in [0.717, 1.165) is 22.4 Å². The number of carboxylic acid groups (broad SMARTS) is 1. The summed E-state index contributed by atoms with van der Waals surface area (Å²) in [7, 11) is 1.64. The van der Waals surface area contributed by atoms with E-state index in [1.54, 1.807) is 7.11 Å². The molecule has 106 valence electrons. The molecule has 0 amide bonds. The van der Waals surface area contributed by atoms with Gasteiger partial charge in [0.2, 0.25) is 0 Å². The Bertz CT molecular complexity index is 665. The van der Waals surface area contributed by atoms with Crippen LogP contribution in [0.25, 0.3) is 11.3 Å². The molecule has 0 unspecified atom stereocenters. The van der Waals surface area contributed by atoms with Crippen LogP contribution in [0.1, 0.15) is 16.8 Å². The molecule has 1 heterocycles. The van der Waals surface area contributed by atoms with Gasteiger partial charge in [-0.05, 0) is 53.0 Å². The number of aromatic amines is 1. The Morgan fingerprint density at radius 1 is 1.40 bits per heavy atom. The summed E-state index contributed by atoms with van der Waals surface area (Å²) in [6.45, 7) is 3.97. The lowest BCUT2D eigenvalue weighted by atomic mass is 10.00. The Labute approximate surface area is 125 Å². The monoisotopic (exact) mass is 338 g/mol. The van der Waals surface area contributed by atoms with Crippen molar-refractivity contribution >= 4 is 21.9 Å². The first-order valence-electron chi connectivity index (χ1n) is 6.04. The van der Waals surface area contributed by atoms with Crippen LogP contribution in [0.15, 0.2) is 16.6 Å². The number of aromatic nitrogens is 2. The van der Waals surface area contributed by atoms with E-state index < -0.39 is 5.97 Å². The molecule has 1 aromatic carbocycles. The Balaban J connectivity index is 2.50. The van der Waals surface area contributed by atoms with Crippen LogP contribution in [0.5, 0.6) is 5.75 Å². The van der Waals surface area contributed by atoms with E-state index in [-0.39, 0.29) is 6.42 Å². The lowest BCUT2D eigenvalue weighted by Crippen LogP contribution is -2.00. The standard InChI is InChI=1S/C14H15BrN2O3/c1-7-8(2)11(20-3)5-4-9(7)14-13(15)10(16-17-14)6-12(18)19/h4-5H,6H2,1-3H3,(H,16,17)(H,18,19). The van der Waals surface area contributed by atoms with Gasteiger partial charge in [-0.3, -0.25) is 9.89 Å². The zero-order chi connectivity index (χ0) is 14.9. The van der Waals surface area contributed by atoms with E-state index in [1.807, 2.05) is 26.0 Å². The second-order valence-corrected chi connectivity index (χ2v) is 5.29. The highest BCUT2D eigenvalue weighted by Gasteiger charge is 2.17. The molecule has 0 saturated carbocycles. The zero-order valence-electron chi connectivity index (χ0n) is 11.5. The summed E-state index contributed by atoms with van der Waals surface area (Å²) in [5.41, 5.74) is 4.31. The lowest BCUT2D eigenvalue weighted by molar-refractivity contribution is -0.136. The minimum absolute atomic E-state index is 0.0955. The molecule has 2 N–H and O–H groups in total. The molecule has 0 aliphatic heterocycles. The molecule has 2 rings (SSSR count). The number of ether oxygens (including phenoxy) is 1. The van der Waals surface area contributed by atoms with E-state index in [9.17, 15) is 4.79 Å².